The molecule has 1 aliphatic heterocycles. The highest BCUT2D eigenvalue weighted by atomic mass is 19.4. The fourth-order valence-electron chi connectivity index (χ4n) is 5.65. The molecule has 2 aromatic rings. The maximum Gasteiger partial charge on any atom is 0.527 e. The maximum absolute atomic E-state index is 14.8. The zero-order valence-electron chi connectivity index (χ0n) is 22.0. The van der Waals surface area contributed by atoms with E-state index in [0.29, 0.717) is 11.8 Å². The van der Waals surface area contributed by atoms with Crippen molar-refractivity contribution < 1.29 is 53.7 Å². The molecule has 226 valence electrons. The van der Waals surface area contributed by atoms with Crippen LogP contribution >= 0.6 is 0 Å². The molecule has 0 amide bonds. The Morgan fingerprint density at radius 3 is 1.93 bits per heavy atom. The molecule has 0 N–H and O–H groups in total. The van der Waals surface area contributed by atoms with Crippen LogP contribution in [0.3, 0.4) is 0 Å². The Hall–Kier alpha value is -2.73. The summed E-state index contributed by atoms with van der Waals surface area (Å²) in [4.78, 5) is 0. The lowest BCUT2D eigenvalue weighted by Gasteiger charge is -2.37. The molecule has 41 heavy (non-hydrogen) atoms. The summed E-state index contributed by atoms with van der Waals surface area (Å²) in [6.07, 6.45) is -5.35. The van der Waals surface area contributed by atoms with Crippen LogP contribution in [0.5, 0.6) is 5.75 Å². The van der Waals surface area contributed by atoms with Gasteiger partial charge in [0.15, 0.2) is 0 Å². The second-order valence-corrected chi connectivity index (χ2v) is 10.4. The second-order valence-electron chi connectivity index (χ2n) is 10.4. The van der Waals surface area contributed by atoms with Crippen LogP contribution in [0.4, 0.5) is 39.5 Å². The number of benzene rings is 2. The molecule has 0 aromatic heterocycles. The van der Waals surface area contributed by atoms with Gasteiger partial charge in [0.1, 0.15) is 22.9 Å². The number of rotatable bonds is 8. The van der Waals surface area contributed by atoms with Crippen molar-refractivity contribution in [2.75, 3.05) is 6.61 Å². The topological polar surface area (TPSA) is 27.7 Å². The van der Waals surface area contributed by atoms with E-state index in [-0.39, 0.29) is 24.2 Å². The molecule has 0 radical (unpaired) electrons. The van der Waals surface area contributed by atoms with E-state index in [4.69, 9.17) is 4.74 Å². The van der Waals surface area contributed by atoms with Gasteiger partial charge in [-0.15, -0.1) is 13.2 Å². The Morgan fingerprint density at radius 2 is 1.41 bits per heavy atom. The standard InChI is InChI=1S/C29H29F9O3/c1-2-3-17-4-13-25(39-16-17)20-7-5-18(6-8-20)19-9-11-21(12-10-19)27(32,33)40-22-14-23(30)26(24(31)15-22)28(34,35)41-29(36,37)38/h2-3,9-12,14-15,17-18,20,25H,4-8,13,16H2,1H3/b3-2+. The van der Waals surface area contributed by atoms with E-state index in [1.54, 1.807) is 0 Å². The number of alkyl halides is 7. The molecule has 3 nitrogen and oxygen atoms in total. The second kappa shape index (κ2) is 12.2. The Kier molecular flexibility index (Phi) is 9.32. The molecule has 4 rings (SSSR count). The zero-order valence-corrected chi connectivity index (χ0v) is 22.0. The summed E-state index contributed by atoms with van der Waals surface area (Å²) in [6.45, 7) is 2.71. The van der Waals surface area contributed by atoms with E-state index in [1.807, 2.05) is 13.0 Å². The van der Waals surface area contributed by atoms with Crippen molar-refractivity contribution in [3.63, 3.8) is 0 Å². The fraction of sp³-hybridized carbons (Fsp3) is 0.517. The van der Waals surface area contributed by atoms with Gasteiger partial charge in [-0.3, -0.25) is 0 Å². The number of ether oxygens (including phenoxy) is 3. The SMILES string of the molecule is C/C=C/C1CCC(C2CCC(c3ccc(C(F)(F)Oc4cc(F)c(C(F)(F)OC(F)(F)F)c(F)c4)cc3)CC2)OC1. The summed E-state index contributed by atoms with van der Waals surface area (Å²) >= 11 is 0. The van der Waals surface area contributed by atoms with Crippen LogP contribution in [0.2, 0.25) is 0 Å². The predicted octanol–water partition coefficient (Wildman–Crippen LogP) is 9.32. The number of hydrogen-bond acceptors (Lipinski definition) is 3. The lowest BCUT2D eigenvalue weighted by atomic mass is 9.75. The third kappa shape index (κ3) is 7.77. The zero-order chi connectivity index (χ0) is 30.0. The molecule has 2 aromatic carbocycles. The van der Waals surface area contributed by atoms with Crippen molar-refractivity contribution in [2.45, 2.75) is 76.1 Å². The van der Waals surface area contributed by atoms with Crippen LogP contribution in [-0.2, 0) is 21.7 Å². The molecule has 1 aliphatic carbocycles. The van der Waals surface area contributed by atoms with E-state index >= 15 is 0 Å². The molecule has 2 aliphatic rings. The first-order chi connectivity index (χ1) is 19.2. The van der Waals surface area contributed by atoms with E-state index in [2.05, 4.69) is 15.5 Å². The van der Waals surface area contributed by atoms with Gasteiger partial charge in [-0.2, -0.15) is 17.6 Å². The van der Waals surface area contributed by atoms with Crippen LogP contribution in [0, 0.1) is 23.5 Å². The minimum Gasteiger partial charge on any atom is -0.429 e. The minimum atomic E-state index is -5.92. The van der Waals surface area contributed by atoms with Crippen LogP contribution in [-0.4, -0.2) is 19.1 Å². The molecule has 2 atom stereocenters. The number of hydrogen-bond donors (Lipinski definition) is 0. The molecular formula is C29H29F9O3. The highest BCUT2D eigenvalue weighted by molar-refractivity contribution is 5.34. The van der Waals surface area contributed by atoms with Gasteiger partial charge >= 0.3 is 18.6 Å². The Morgan fingerprint density at radius 1 is 0.805 bits per heavy atom. The van der Waals surface area contributed by atoms with E-state index in [9.17, 15) is 39.5 Å². The summed E-state index contributed by atoms with van der Waals surface area (Å²) < 4.78 is 135. The van der Waals surface area contributed by atoms with Crippen LogP contribution in [0.25, 0.3) is 0 Å². The van der Waals surface area contributed by atoms with Crippen molar-refractivity contribution in [1.82, 2.24) is 0 Å². The largest absolute Gasteiger partial charge is 0.527 e. The van der Waals surface area contributed by atoms with Gasteiger partial charge in [0.2, 0.25) is 0 Å². The number of halogens is 9. The molecule has 0 bridgehead atoms. The first-order valence-corrected chi connectivity index (χ1v) is 13.2. The van der Waals surface area contributed by atoms with Gasteiger partial charge in [0.05, 0.1) is 18.3 Å². The first-order valence-electron chi connectivity index (χ1n) is 13.2. The third-order valence-corrected chi connectivity index (χ3v) is 7.62. The summed E-state index contributed by atoms with van der Waals surface area (Å²) in [7, 11) is 0. The Bertz CT molecular complexity index is 1170. The van der Waals surface area contributed by atoms with Gasteiger partial charge in [-0.25, -0.2) is 13.5 Å². The maximum atomic E-state index is 14.8. The molecule has 2 fully saturated rings. The van der Waals surface area contributed by atoms with E-state index in [0.717, 1.165) is 62.8 Å². The molecule has 1 saturated carbocycles. The van der Waals surface area contributed by atoms with Gasteiger partial charge < -0.3 is 9.47 Å². The Labute approximate surface area is 231 Å². The molecule has 2 unspecified atom stereocenters. The van der Waals surface area contributed by atoms with E-state index < -0.39 is 47.1 Å². The summed E-state index contributed by atoms with van der Waals surface area (Å²) in [5.74, 6) is -4.67. The average molecular weight is 597 g/mol. The Balaban J connectivity index is 1.37. The van der Waals surface area contributed by atoms with Crippen LogP contribution < -0.4 is 4.74 Å². The molecule has 0 spiro atoms. The highest BCUT2D eigenvalue weighted by Gasteiger charge is 2.50. The highest BCUT2D eigenvalue weighted by Crippen LogP contribution is 2.43. The van der Waals surface area contributed by atoms with Gasteiger partial charge in [0.25, 0.3) is 0 Å². The minimum absolute atomic E-state index is 0.0660. The van der Waals surface area contributed by atoms with Crippen molar-refractivity contribution in [1.29, 1.82) is 0 Å². The third-order valence-electron chi connectivity index (χ3n) is 7.62. The monoisotopic (exact) mass is 596 g/mol. The van der Waals surface area contributed by atoms with Crippen LogP contribution in [0.1, 0.15) is 68.1 Å². The molecule has 1 heterocycles. The first kappa shape index (κ1) is 31.2. The predicted molar refractivity (Wildman–Crippen MR) is 130 cm³/mol. The lowest BCUT2D eigenvalue weighted by Crippen LogP contribution is -2.33. The normalized spacial score (nSPS) is 24.5. The van der Waals surface area contributed by atoms with Gasteiger partial charge in [-0.1, -0.05) is 24.3 Å². The summed E-state index contributed by atoms with van der Waals surface area (Å²) in [5.41, 5.74) is -2.22. The van der Waals surface area contributed by atoms with Gasteiger partial charge in [-0.05, 0) is 75.0 Å². The molecule has 12 heteroatoms. The lowest BCUT2D eigenvalue weighted by molar-refractivity contribution is -0.432. The van der Waals surface area contributed by atoms with E-state index in [1.165, 1.54) is 12.1 Å². The summed E-state index contributed by atoms with van der Waals surface area (Å²) in [6, 6.07) is 5.08. The van der Waals surface area contributed by atoms with Crippen molar-refractivity contribution in [3.8, 4) is 5.75 Å². The average Bonchev–Trinajstić information content (AvgIpc) is 2.87. The van der Waals surface area contributed by atoms with Crippen LogP contribution in [0.15, 0.2) is 48.6 Å². The number of allylic oxidation sites excluding steroid dienone is 1. The summed E-state index contributed by atoms with van der Waals surface area (Å²) in [5, 5.41) is 0. The fourth-order valence-corrected chi connectivity index (χ4v) is 5.65. The molecular weight excluding hydrogens is 567 g/mol. The van der Waals surface area contributed by atoms with Crippen molar-refractivity contribution in [3.05, 3.63) is 76.9 Å². The van der Waals surface area contributed by atoms with Crippen molar-refractivity contribution >= 4 is 0 Å². The quantitative estimate of drug-likeness (QED) is 0.225. The van der Waals surface area contributed by atoms with Crippen molar-refractivity contribution in [2.24, 2.45) is 11.8 Å². The smallest absolute Gasteiger partial charge is 0.429 e. The van der Waals surface area contributed by atoms with Gasteiger partial charge in [0, 0.05) is 18.1 Å². The molecule has 1 saturated heterocycles.